The molecule has 0 heterocycles. The molecule has 0 spiro atoms. The van der Waals surface area contributed by atoms with Gasteiger partial charge >= 0.3 is 0 Å². The summed E-state index contributed by atoms with van der Waals surface area (Å²) < 4.78 is 0. The number of hydrogen-bond donors (Lipinski definition) is 2. The molecule has 0 amide bonds. The van der Waals surface area contributed by atoms with Crippen molar-refractivity contribution in [1.82, 2.24) is 9.80 Å². The Bertz CT molecular complexity index is 102. The van der Waals surface area contributed by atoms with Crippen LogP contribution in [0.4, 0.5) is 0 Å². The van der Waals surface area contributed by atoms with Crippen LogP contribution in [0.25, 0.3) is 0 Å². The largest absolute Gasteiger partial charge is 0.330 e. The number of hydrogen-bond acceptors (Lipinski definition) is 4. The van der Waals surface area contributed by atoms with E-state index in [2.05, 4.69) is 38.0 Å². The second-order valence-electron chi connectivity index (χ2n) is 4.60. The van der Waals surface area contributed by atoms with E-state index >= 15 is 0 Å². The van der Waals surface area contributed by atoms with Crippen molar-refractivity contribution >= 4 is 0 Å². The van der Waals surface area contributed by atoms with E-state index < -0.39 is 0 Å². The molecule has 4 nitrogen and oxygen atoms in total. The van der Waals surface area contributed by atoms with Crippen molar-refractivity contribution in [2.75, 3.05) is 54.4 Å². The van der Waals surface area contributed by atoms with Crippen LogP contribution in [0.5, 0.6) is 0 Å². The van der Waals surface area contributed by atoms with Gasteiger partial charge in [-0.3, -0.25) is 0 Å². The van der Waals surface area contributed by atoms with Gasteiger partial charge in [-0.25, -0.2) is 0 Å². The molecule has 4 N–H and O–H groups in total. The SMILES string of the molecule is CN(C)CCCCN.CN(C)CCCCN. The highest BCUT2D eigenvalue weighted by atomic mass is 15.0. The van der Waals surface area contributed by atoms with Gasteiger partial charge in [-0.15, -0.1) is 0 Å². The lowest BCUT2D eigenvalue weighted by molar-refractivity contribution is 0.395. The van der Waals surface area contributed by atoms with E-state index in [9.17, 15) is 0 Å². The Morgan fingerprint density at radius 2 is 0.938 bits per heavy atom. The first kappa shape index (κ1) is 18.2. The monoisotopic (exact) mass is 232 g/mol. The highest BCUT2D eigenvalue weighted by Crippen LogP contribution is 1.86. The number of nitrogens with zero attached hydrogens (tertiary/aromatic N) is 2. The lowest BCUT2D eigenvalue weighted by Gasteiger charge is -2.06. The number of nitrogens with two attached hydrogens (primary N) is 2. The molecule has 0 aliphatic rings. The highest BCUT2D eigenvalue weighted by Gasteiger charge is 1.87. The molecule has 0 atom stereocenters. The van der Waals surface area contributed by atoms with E-state index in [0.717, 1.165) is 39.0 Å². The van der Waals surface area contributed by atoms with E-state index in [0.29, 0.717) is 0 Å². The van der Waals surface area contributed by atoms with Gasteiger partial charge in [0.1, 0.15) is 0 Å². The molecule has 0 aliphatic heterocycles. The van der Waals surface area contributed by atoms with Crippen molar-refractivity contribution in [3.05, 3.63) is 0 Å². The molecule has 0 saturated heterocycles. The van der Waals surface area contributed by atoms with E-state index in [1.807, 2.05) is 0 Å². The van der Waals surface area contributed by atoms with Gasteiger partial charge in [-0.05, 0) is 80.1 Å². The van der Waals surface area contributed by atoms with Crippen LogP contribution >= 0.6 is 0 Å². The van der Waals surface area contributed by atoms with E-state index in [1.165, 1.54) is 12.8 Å². The molecule has 0 aromatic rings. The maximum absolute atomic E-state index is 5.30. The lowest BCUT2D eigenvalue weighted by atomic mass is 10.3. The molecule has 0 radical (unpaired) electrons. The van der Waals surface area contributed by atoms with Crippen molar-refractivity contribution in [2.24, 2.45) is 11.5 Å². The van der Waals surface area contributed by atoms with Crippen molar-refractivity contribution in [2.45, 2.75) is 25.7 Å². The van der Waals surface area contributed by atoms with Crippen LogP contribution in [0.1, 0.15) is 25.7 Å². The zero-order valence-corrected chi connectivity index (χ0v) is 11.7. The first-order chi connectivity index (χ1) is 7.54. The van der Waals surface area contributed by atoms with Crippen LogP contribution in [0.15, 0.2) is 0 Å². The molecular formula is C12H32N4. The van der Waals surface area contributed by atoms with Crippen molar-refractivity contribution < 1.29 is 0 Å². The van der Waals surface area contributed by atoms with Gasteiger partial charge in [0.2, 0.25) is 0 Å². The van der Waals surface area contributed by atoms with Gasteiger partial charge in [-0.2, -0.15) is 0 Å². The fourth-order valence-corrected chi connectivity index (χ4v) is 1.14. The quantitative estimate of drug-likeness (QED) is 0.601. The Hall–Kier alpha value is -0.160. The third kappa shape index (κ3) is 23.6. The summed E-state index contributed by atoms with van der Waals surface area (Å²) in [6.45, 7) is 3.98. The zero-order chi connectivity index (χ0) is 12.8. The average Bonchev–Trinajstić information content (AvgIpc) is 2.18. The van der Waals surface area contributed by atoms with Gasteiger partial charge in [0.15, 0.2) is 0 Å². The molecule has 0 aliphatic carbocycles. The van der Waals surface area contributed by atoms with Crippen LogP contribution in [0.2, 0.25) is 0 Å². The average molecular weight is 232 g/mol. The first-order valence-corrected chi connectivity index (χ1v) is 6.24. The molecule has 0 unspecified atom stereocenters. The summed E-state index contributed by atoms with van der Waals surface area (Å²) in [5, 5.41) is 0. The lowest BCUT2D eigenvalue weighted by Crippen LogP contribution is -2.14. The molecule has 4 heteroatoms. The molecule has 0 fully saturated rings. The summed E-state index contributed by atoms with van der Waals surface area (Å²) in [5.41, 5.74) is 10.6. The minimum Gasteiger partial charge on any atom is -0.330 e. The fraction of sp³-hybridized carbons (Fsp3) is 1.00. The summed E-state index contributed by atoms with van der Waals surface area (Å²) in [7, 11) is 8.32. The zero-order valence-electron chi connectivity index (χ0n) is 11.7. The second kappa shape index (κ2) is 14.8. The Morgan fingerprint density at radius 1 is 0.625 bits per heavy atom. The second-order valence-corrected chi connectivity index (χ2v) is 4.60. The Labute approximate surface area is 102 Å². The molecular weight excluding hydrogens is 200 g/mol. The summed E-state index contributed by atoms with van der Waals surface area (Å²) in [4.78, 5) is 4.35. The maximum Gasteiger partial charge on any atom is -0.00244 e. The van der Waals surface area contributed by atoms with Gasteiger partial charge in [-0.1, -0.05) is 0 Å². The van der Waals surface area contributed by atoms with Crippen molar-refractivity contribution in [1.29, 1.82) is 0 Å². The van der Waals surface area contributed by atoms with Gasteiger partial charge in [0.25, 0.3) is 0 Å². The predicted molar refractivity (Wildman–Crippen MR) is 73.7 cm³/mol. The molecule has 0 aromatic heterocycles. The summed E-state index contributed by atoms with van der Waals surface area (Å²) in [6.07, 6.45) is 4.75. The molecule has 0 rings (SSSR count). The van der Waals surface area contributed by atoms with Crippen LogP contribution in [0.3, 0.4) is 0 Å². The Balaban J connectivity index is 0. The van der Waals surface area contributed by atoms with Crippen LogP contribution < -0.4 is 11.5 Å². The molecule has 0 aromatic carbocycles. The summed E-state index contributed by atoms with van der Waals surface area (Å²) >= 11 is 0. The third-order valence-corrected chi connectivity index (χ3v) is 2.12. The van der Waals surface area contributed by atoms with Gasteiger partial charge < -0.3 is 21.3 Å². The minimum absolute atomic E-state index is 0.827. The van der Waals surface area contributed by atoms with Crippen molar-refractivity contribution in [3.63, 3.8) is 0 Å². The summed E-state index contributed by atoms with van der Waals surface area (Å²) in [5.74, 6) is 0. The normalized spacial score (nSPS) is 10.5. The smallest absolute Gasteiger partial charge is 0.00244 e. The number of rotatable bonds is 8. The molecule has 16 heavy (non-hydrogen) atoms. The highest BCUT2D eigenvalue weighted by molar-refractivity contribution is 4.45. The third-order valence-electron chi connectivity index (χ3n) is 2.12. The van der Waals surface area contributed by atoms with E-state index in [1.54, 1.807) is 0 Å². The van der Waals surface area contributed by atoms with Gasteiger partial charge in [0, 0.05) is 0 Å². The van der Waals surface area contributed by atoms with Gasteiger partial charge in [0.05, 0.1) is 0 Å². The van der Waals surface area contributed by atoms with Crippen LogP contribution in [0, 0.1) is 0 Å². The Kier molecular flexibility index (Phi) is 16.9. The van der Waals surface area contributed by atoms with E-state index in [4.69, 9.17) is 11.5 Å². The first-order valence-electron chi connectivity index (χ1n) is 6.24. The van der Waals surface area contributed by atoms with Crippen LogP contribution in [-0.2, 0) is 0 Å². The Morgan fingerprint density at radius 3 is 1.12 bits per heavy atom. The number of unbranched alkanes of at least 4 members (excludes halogenated alkanes) is 2. The topological polar surface area (TPSA) is 58.5 Å². The maximum atomic E-state index is 5.30. The minimum atomic E-state index is 0.827. The molecule has 100 valence electrons. The van der Waals surface area contributed by atoms with E-state index in [-0.39, 0.29) is 0 Å². The predicted octanol–water partition coefficient (Wildman–Crippen LogP) is 0.574. The van der Waals surface area contributed by atoms with Crippen molar-refractivity contribution in [3.8, 4) is 0 Å². The van der Waals surface area contributed by atoms with Crippen LogP contribution in [-0.4, -0.2) is 64.2 Å². The standard InChI is InChI=1S/2C6H16N2/c2*1-8(2)6-4-3-5-7/h2*3-7H2,1-2H3. The molecule has 0 saturated carbocycles. The molecule has 0 bridgehead atoms. The fourth-order valence-electron chi connectivity index (χ4n) is 1.14. The summed E-state index contributed by atoms with van der Waals surface area (Å²) in [6, 6.07) is 0.